The Morgan fingerprint density at radius 1 is 1.11 bits per heavy atom. The lowest BCUT2D eigenvalue weighted by Crippen LogP contribution is -3.06. The Morgan fingerprint density at radius 2 is 1.93 bits per heavy atom. The van der Waals surface area contributed by atoms with Gasteiger partial charge in [-0.25, -0.2) is 4.98 Å². The maximum absolute atomic E-state index is 12.4. The van der Waals surface area contributed by atoms with E-state index in [1.165, 1.54) is 4.90 Å². The van der Waals surface area contributed by atoms with Crippen molar-refractivity contribution in [2.24, 2.45) is 0 Å². The van der Waals surface area contributed by atoms with E-state index in [2.05, 4.69) is 12.0 Å². The van der Waals surface area contributed by atoms with Crippen LogP contribution in [0, 0.1) is 6.92 Å². The standard InChI is InChI=1S/C21H25N3O3/c1-5-27-18-10-9-16(11-19(18)26-4)13-23(3)14-17-12-21(25)24-15(2)7-6-8-20(24)22-17/h6-12H,5,13-14H2,1-4H3/p+1. The molecule has 0 aliphatic heterocycles. The number of quaternary nitrogens is 1. The van der Waals surface area contributed by atoms with Crippen LogP contribution in [0.2, 0.25) is 0 Å². The van der Waals surface area contributed by atoms with E-state index in [0.29, 0.717) is 18.8 Å². The highest BCUT2D eigenvalue weighted by atomic mass is 16.5. The number of hydrogen-bond donors (Lipinski definition) is 1. The van der Waals surface area contributed by atoms with Crippen LogP contribution < -0.4 is 19.9 Å². The van der Waals surface area contributed by atoms with Crippen LogP contribution in [0.5, 0.6) is 11.5 Å². The smallest absolute Gasteiger partial charge is 0.258 e. The fraction of sp³-hybridized carbons (Fsp3) is 0.333. The third-order valence-corrected chi connectivity index (χ3v) is 4.45. The molecule has 0 saturated carbocycles. The van der Waals surface area contributed by atoms with Gasteiger partial charge in [-0.3, -0.25) is 9.20 Å². The van der Waals surface area contributed by atoms with Gasteiger partial charge in [-0.2, -0.15) is 0 Å². The lowest BCUT2D eigenvalue weighted by molar-refractivity contribution is -0.908. The maximum atomic E-state index is 12.4. The van der Waals surface area contributed by atoms with Crippen molar-refractivity contribution < 1.29 is 14.4 Å². The van der Waals surface area contributed by atoms with E-state index in [9.17, 15) is 4.79 Å². The van der Waals surface area contributed by atoms with Crippen molar-refractivity contribution in [1.29, 1.82) is 0 Å². The molecule has 0 fully saturated rings. The first-order valence-electron chi connectivity index (χ1n) is 9.11. The summed E-state index contributed by atoms with van der Waals surface area (Å²) in [6, 6.07) is 13.3. The summed E-state index contributed by atoms with van der Waals surface area (Å²) < 4.78 is 12.6. The summed E-state index contributed by atoms with van der Waals surface area (Å²) in [4.78, 5) is 18.3. The van der Waals surface area contributed by atoms with Crippen LogP contribution in [0.25, 0.3) is 5.65 Å². The lowest BCUT2D eigenvalue weighted by Gasteiger charge is -2.16. The molecule has 1 aromatic carbocycles. The van der Waals surface area contributed by atoms with Gasteiger partial charge in [0.1, 0.15) is 24.4 Å². The van der Waals surface area contributed by atoms with Gasteiger partial charge >= 0.3 is 0 Å². The molecule has 2 aromatic heterocycles. The van der Waals surface area contributed by atoms with Crippen LogP contribution in [0.4, 0.5) is 0 Å². The zero-order valence-electron chi connectivity index (χ0n) is 16.3. The number of ether oxygens (including phenoxy) is 2. The van der Waals surface area contributed by atoms with Crippen molar-refractivity contribution in [3.8, 4) is 11.5 Å². The number of methoxy groups -OCH3 is 1. The number of benzene rings is 1. The van der Waals surface area contributed by atoms with E-state index in [-0.39, 0.29) is 5.56 Å². The molecule has 6 nitrogen and oxygen atoms in total. The molecule has 0 spiro atoms. The van der Waals surface area contributed by atoms with Crippen molar-refractivity contribution >= 4 is 5.65 Å². The van der Waals surface area contributed by atoms with Gasteiger partial charge in [0, 0.05) is 17.3 Å². The molecule has 0 radical (unpaired) electrons. The van der Waals surface area contributed by atoms with Gasteiger partial charge in [0.2, 0.25) is 0 Å². The normalized spacial score (nSPS) is 12.1. The van der Waals surface area contributed by atoms with Gasteiger partial charge in [0.25, 0.3) is 5.56 Å². The van der Waals surface area contributed by atoms with Gasteiger partial charge < -0.3 is 14.4 Å². The fourth-order valence-corrected chi connectivity index (χ4v) is 3.27. The Bertz CT molecular complexity index is 998. The van der Waals surface area contributed by atoms with Crippen LogP contribution in [0.1, 0.15) is 23.9 Å². The molecule has 1 N–H and O–H groups in total. The summed E-state index contributed by atoms with van der Waals surface area (Å²) in [6.45, 7) is 5.91. The summed E-state index contributed by atoms with van der Waals surface area (Å²) >= 11 is 0. The molecule has 0 amide bonds. The first-order valence-corrected chi connectivity index (χ1v) is 9.11. The van der Waals surface area contributed by atoms with Gasteiger partial charge in [-0.1, -0.05) is 6.07 Å². The molecule has 27 heavy (non-hydrogen) atoms. The second kappa shape index (κ2) is 8.22. The molecule has 1 unspecified atom stereocenters. The van der Waals surface area contributed by atoms with Crippen molar-refractivity contribution in [2.45, 2.75) is 26.9 Å². The van der Waals surface area contributed by atoms with Crippen molar-refractivity contribution in [3.63, 3.8) is 0 Å². The Kier molecular flexibility index (Phi) is 5.76. The molecule has 6 heteroatoms. The van der Waals surface area contributed by atoms with Gasteiger partial charge in [-0.05, 0) is 44.2 Å². The first kappa shape index (κ1) is 18.9. The van der Waals surface area contributed by atoms with E-state index in [4.69, 9.17) is 9.47 Å². The van der Waals surface area contributed by atoms with Crippen LogP contribution >= 0.6 is 0 Å². The van der Waals surface area contributed by atoms with Crippen LogP contribution in [0.3, 0.4) is 0 Å². The highest BCUT2D eigenvalue weighted by Gasteiger charge is 2.12. The number of nitrogens with zero attached hydrogens (tertiary/aromatic N) is 2. The zero-order valence-corrected chi connectivity index (χ0v) is 16.3. The summed E-state index contributed by atoms with van der Waals surface area (Å²) in [5.41, 5.74) is 3.47. The minimum absolute atomic E-state index is 0.0383. The number of fused-ring (bicyclic) bond motifs is 1. The molecule has 0 aliphatic rings. The van der Waals surface area contributed by atoms with Crippen LogP contribution in [-0.2, 0) is 13.1 Å². The number of aryl methyl sites for hydroxylation is 1. The van der Waals surface area contributed by atoms with Crippen LogP contribution in [-0.4, -0.2) is 30.1 Å². The molecule has 2 heterocycles. The molecule has 3 rings (SSSR count). The summed E-state index contributed by atoms with van der Waals surface area (Å²) in [6.07, 6.45) is 0. The molecule has 1 atom stereocenters. The summed E-state index contributed by atoms with van der Waals surface area (Å²) in [5.74, 6) is 1.49. The van der Waals surface area contributed by atoms with E-state index in [0.717, 1.165) is 35.0 Å². The summed E-state index contributed by atoms with van der Waals surface area (Å²) in [7, 11) is 3.73. The average Bonchev–Trinajstić information content (AvgIpc) is 2.62. The monoisotopic (exact) mass is 368 g/mol. The second-order valence-corrected chi connectivity index (χ2v) is 6.68. The van der Waals surface area contributed by atoms with Gasteiger partial charge in [0.15, 0.2) is 11.5 Å². The maximum Gasteiger partial charge on any atom is 0.258 e. The predicted molar refractivity (Wildman–Crippen MR) is 105 cm³/mol. The quantitative estimate of drug-likeness (QED) is 0.689. The lowest BCUT2D eigenvalue weighted by atomic mass is 10.2. The van der Waals surface area contributed by atoms with E-state index in [1.54, 1.807) is 17.6 Å². The van der Waals surface area contributed by atoms with E-state index < -0.39 is 0 Å². The number of rotatable bonds is 7. The number of pyridine rings is 1. The Labute approximate surface area is 159 Å². The molecular weight excluding hydrogens is 342 g/mol. The van der Waals surface area contributed by atoms with Crippen molar-refractivity contribution in [2.75, 3.05) is 20.8 Å². The minimum Gasteiger partial charge on any atom is -0.493 e. The zero-order chi connectivity index (χ0) is 19.4. The topological polar surface area (TPSA) is 57.3 Å². The van der Waals surface area contributed by atoms with Gasteiger partial charge in [0.05, 0.1) is 20.8 Å². The highest BCUT2D eigenvalue weighted by Crippen LogP contribution is 2.27. The van der Waals surface area contributed by atoms with Gasteiger partial charge in [-0.15, -0.1) is 0 Å². The molecule has 142 valence electrons. The SMILES string of the molecule is CCOc1ccc(C[NH+](C)Cc2cc(=O)n3c(C)cccc3n2)cc1OC. The van der Waals surface area contributed by atoms with Crippen molar-refractivity contribution in [3.05, 3.63) is 69.8 Å². The molecule has 0 saturated heterocycles. The Morgan fingerprint density at radius 3 is 2.67 bits per heavy atom. The number of aromatic nitrogens is 2. The number of hydrogen-bond acceptors (Lipinski definition) is 4. The third-order valence-electron chi connectivity index (χ3n) is 4.45. The van der Waals surface area contributed by atoms with Crippen molar-refractivity contribution in [1.82, 2.24) is 9.38 Å². The average molecular weight is 368 g/mol. The second-order valence-electron chi connectivity index (χ2n) is 6.68. The van der Waals surface area contributed by atoms with Crippen LogP contribution in [0.15, 0.2) is 47.3 Å². The molecule has 0 bridgehead atoms. The molecule has 3 aromatic rings. The summed E-state index contributed by atoms with van der Waals surface area (Å²) in [5, 5.41) is 0. The molecule has 0 aliphatic carbocycles. The van der Waals surface area contributed by atoms with E-state index >= 15 is 0 Å². The first-order chi connectivity index (χ1) is 13.0. The Balaban J connectivity index is 1.77. The van der Waals surface area contributed by atoms with E-state index in [1.807, 2.05) is 50.2 Å². The number of nitrogens with one attached hydrogen (secondary N) is 1. The third kappa shape index (κ3) is 4.28. The Hall–Kier alpha value is -2.86. The predicted octanol–water partition coefficient (Wildman–Crippen LogP) is 1.63. The molecular formula is C21H26N3O3+. The largest absolute Gasteiger partial charge is 0.493 e. The minimum atomic E-state index is -0.0383. The highest BCUT2D eigenvalue weighted by molar-refractivity contribution is 5.43. The fourth-order valence-electron chi connectivity index (χ4n) is 3.27.